The van der Waals surface area contributed by atoms with Gasteiger partial charge in [0.1, 0.15) is 0 Å². The molecule has 0 heterocycles. The van der Waals surface area contributed by atoms with Crippen LogP contribution in [0.1, 0.15) is 58.9 Å². The highest BCUT2D eigenvalue weighted by atomic mass is 16.6. The number of esters is 1. The Morgan fingerprint density at radius 2 is 1.36 bits per heavy atom. The van der Waals surface area contributed by atoms with E-state index in [0.29, 0.717) is 71.6 Å². The number of methoxy groups -OCH3 is 5. The normalized spacial score (nSPS) is 10.6. The Balaban J connectivity index is 1.44. The van der Waals surface area contributed by atoms with E-state index in [4.69, 9.17) is 33.2 Å². The van der Waals surface area contributed by atoms with Crippen LogP contribution >= 0.6 is 0 Å². The topological polar surface area (TPSA) is 152 Å². The second-order valence-corrected chi connectivity index (χ2v) is 9.87. The van der Waals surface area contributed by atoms with E-state index in [-0.39, 0.29) is 29.5 Å². The molecule has 0 bridgehead atoms. The van der Waals surface area contributed by atoms with Crippen molar-refractivity contribution in [2.45, 2.75) is 32.6 Å². The fraction of sp³-hybridized carbons (Fsp3) is 0.353. The van der Waals surface area contributed by atoms with Gasteiger partial charge in [-0.25, -0.2) is 10.2 Å². The average Bonchev–Trinajstić information content (AvgIpc) is 3.09. The maximum absolute atomic E-state index is 12.8. The fourth-order valence-corrected chi connectivity index (χ4v) is 4.42. The number of unbranched alkanes of at least 4 members (excludes halogenated alkanes) is 2. The molecule has 252 valence electrons. The molecule has 0 saturated heterocycles. The van der Waals surface area contributed by atoms with Crippen LogP contribution < -0.4 is 43.9 Å². The Labute approximate surface area is 274 Å². The molecule has 0 atom stereocenters. The summed E-state index contributed by atoms with van der Waals surface area (Å²) in [5, 5.41) is 6.89. The van der Waals surface area contributed by atoms with Crippen molar-refractivity contribution in [3.8, 4) is 40.2 Å². The Morgan fingerprint density at radius 3 is 2.00 bits per heavy atom. The molecular weight excluding hydrogens is 610 g/mol. The smallest absolute Gasteiger partial charge is 0.343 e. The minimum atomic E-state index is -0.596. The predicted octanol–water partition coefficient (Wildman–Crippen LogP) is 4.79. The number of nitrogens with one attached hydrogen (secondary N) is 2. The lowest BCUT2D eigenvalue weighted by Crippen LogP contribution is -2.24. The number of hydrogen-bond donors (Lipinski definition) is 2. The highest BCUT2D eigenvalue weighted by Gasteiger charge is 2.18. The van der Waals surface area contributed by atoms with E-state index in [0.717, 1.165) is 6.42 Å². The third-order valence-corrected chi connectivity index (χ3v) is 6.79. The van der Waals surface area contributed by atoms with E-state index in [2.05, 4.69) is 15.8 Å². The van der Waals surface area contributed by atoms with Crippen LogP contribution in [0.4, 0.5) is 0 Å². The van der Waals surface area contributed by atoms with Crippen molar-refractivity contribution in [3.63, 3.8) is 0 Å². The van der Waals surface area contributed by atoms with Gasteiger partial charge in [0.15, 0.2) is 34.5 Å². The summed E-state index contributed by atoms with van der Waals surface area (Å²) < 4.78 is 37.6. The number of benzene rings is 3. The minimum absolute atomic E-state index is 0.229. The number of carbonyl (C=O) groups excluding carboxylic acids is 3. The van der Waals surface area contributed by atoms with Gasteiger partial charge in [-0.2, -0.15) is 5.10 Å². The van der Waals surface area contributed by atoms with Crippen LogP contribution in [0.25, 0.3) is 0 Å². The van der Waals surface area contributed by atoms with Crippen LogP contribution in [0, 0.1) is 0 Å². The van der Waals surface area contributed by atoms with Crippen molar-refractivity contribution in [1.29, 1.82) is 0 Å². The Kier molecular flexibility index (Phi) is 14.2. The number of hydrazone groups is 1. The van der Waals surface area contributed by atoms with Gasteiger partial charge < -0.3 is 38.5 Å². The van der Waals surface area contributed by atoms with Crippen molar-refractivity contribution in [3.05, 3.63) is 65.2 Å². The third-order valence-electron chi connectivity index (χ3n) is 6.79. The first-order valence-electron chi connectivity index (χ1n) is 14.9. The van der Waals surface area contributed by atoms with Crippen LogP contribution in [0.2, 0.25) is 0 Å². The van der Waals surface area contributed by atoms with Crippen LogP contribution in [0.3, 0.4) is 0 Å². The lowest BCUT2D eigenvalue weighted by molar-refractivity contribution is -0.121. The highest BCUT2D eigenvalue weighted by molar-refractivity contribution is 5.95. The number of nitrogens with zero attached hydrogens (tertiary/aromatic N) is 1. The average molecular weight is 652 g/mol. The molecular formula is C34H41N3O10. The van der Waals surface area contributed by atoms with Crippen molar-refractivity contribution in [2.24, 2.45) is 5.10 Å². The Bertz CT molecular complexity index is 1530. The van der Waals surface area contributed by atoms with E-state index in [1.165, 1.54) is 47.8 Å². The summed E-state index contributed by atoms with van der Waals surface area (Å²) in [6.45, 7) is 2.59. The summed E-state index contributed by atoms with van der Waals surface area (Å²) in [5.74, 6) is 1.55. The molecule has 47 heavy (non-hydrogen) atoms. The molecule has 0 aliphatic carbocycles. The van der Waals surface area contributed by atoms with Gasteiger partial charge in [0, 0.05) is 18.5 Å². The molecule has 0 saturated carbocycles. The van der Waals surface area contributed by atoms with E-state index in [1.54, 1.807) is 42.5 Å². The Morgan fingerprint density at radius 1 is 0.702 bits per heavy atom. The first-order chi connectivity index (χ1) is 22.8. The van der Waals surface area contributed by atoms with Gasteiger partial charge in [0.05, 0.1) is 53.9 Å². The van der Waals surface area contributed by atoms with Crippen LogP contribution in [0.5, 0.6) is 40.2 Å². The van der Waals surface area contributed by atoms with E-state index in [9.17, 15) is 14.4 Å². The first-order valence-corrected chi connectivity index (χ1v) is 14.9. The van der Waals surface area contributed by atoms with Gasteiger partial charge in [-0.1, -0.05) is 6.42 Å². The monoisotopic (exact) mass is 651 g/mol. The summed E-state index contributed by atoms with van der Waals surface area (Å²) >= 11 is 0. The zero-order chi connectivity index (χ0) is 34.2. The number of rotatable bonds is 18. The fourth-order valence-electron chi connectivity index (χ4n) is 4.42. The molecule has 0 spiro atoms. The molecule has 13 nitrogen and oxygen atoms in total. The molecule has 0 radical (unpaired) electrons. The van der Waals surface area contributed by atoms with Gasteiger partial charge >= 0.3 is 5.97 Å². The Hall–Kier alpha value is -5.46. The predicted molar refractivity (Wildman–Crippen MR) is 175 cm³/mol. The quantitative estimate of drug-likeness (QED) is 0.0646. The summed E-state index contributed by atoms with van der Waals surface area (Å²) in [4.78, 5) is 37.7. The molecule has 3 rings (SSSR count). The second-order valence-electron chi connectivity index (χ2n) is 9.87. The number of hydrogen-bond acceptors (Lipinski definition) is 11. The number of ether oxygens (including phenoxy) is 7. The van der Waals surface area contributed by atoms with Crippen molar-refractivity contribution < 1.29 is 47.5 Å². The summed E-state index contributed by atoms with van der Waals surface area (Å²) in [5.41, 5.74) is 3.80. The maximum Gasteiger partial charge on any atom is 0.343 e. The molecule has 0 fully saturated rings. The number of carbonyl (C=O) groups is 3. The molecule has 0 aliphatic heterocycles. The van der Waals surface area contributed by atoms with Crippen molar-refractivity contribution in [1.82, 2.24) is 10.7 Å². The molecule has 2 N–H and O–H groups in total. The van der Waals surface area contributed by atoms with Gasteiger partial charge in [0.2, 0.25) is 11.7 Å². The molecule has 3 aromatic rings. The SMILES string of the molecule is CCOc1cc(/C=N/NC(=O)CCCCCNC(=O)c2cc(OC)c(OC)c(OC)c2)ccc1OC(=O)c1ccc(OC)c(OC)c1. The molecule has 0 aliphatic rings. The summed E-state index contributed by atoms with van der Waals surface area (Å²) in [6, 6.07) is 12.8. The highest BCUT2D eigenvalue weighted by Crippen LogP contribution is 2.38. The van der Waals surface area contributed by atoms with E-state index < -0.39 is 5.97 Å². The van der Waals surface area contributed by atoms with Gasteiger partial charge in [-0.05, 0) is 73.9 Å². The zero-order valence-corrected chi connectivity index (χ0v) is 27.5. The summed E-state index contributed by atoms with van der Waals surface area (Å²) in [7, 11) is 7.46. The standard InChI is InChI=1S/C34H41N3O10/c1-7-46-28-17-22(12-14-26(28)47-34(40)23-13-15-25(41-2)27(18-23)42-3)21-36-37-31(38)11-9-8-10-16-35-33(39)24-19-29(43-4)32(45-6)30(20-24)44-5/h12-15,17-21H,7-11,16H2,1-6H3,(H,35,39)(H,37,38)/b36-21+. The van der Waals surface area contributed by atoms with Crippen molar-refractivity contribution in [2.75, 3.05) is 48.7 Å². The van der Waals surface area contributed by atoms with E-state index >= 15 is 0 Å². The number of amides is 2. The molecule has 0 unspecified atom stereocenters. The first kappa shape index (κ1) is 36.0. The molecule has 0 aromatic heterocycles. The zero-order valence-electron chi connectivity index (χ0n) is 27.5. The van der Waals surface area contributed by atoms with Gasteiger partial charge in [-0.15, -0.1) is 0 Å². The lowest BCUT2D eigenvalue weighted by atomic mass is 10.1. The largest absolute Gasteiger partial charge is 0.493 e. The van der Waals surface area contributed by atoms with E-state index in [1.807, 2.05) is 6.92 Å². The van der Waals surface area contributed by atoms with Crippen molar-refractivity contribution >= 4 is 24.0 Å². The van der Waals surface area contributed by atoms with Crippen LogP contribution in [-0.2, 0) is 4.79 Å². The molecule has 13 heteroatoms. The maximum atomic E-state index is 12.8. The van der Waals surface area contributed by atoms with Gasteiger partial charge in [-0.3, -0.25) is 9.59 Å². The minimum Gasteiger partial charge on any atom is -0.493 e. The van der Waals surface area contributed by atoms with Gasteiger partial charge in [0.25, 0.3) is 5.91 Å². The summed E-state index contributed by atoms with van der Waals surface area (Å²) in [6.07, 6.45) is 3.78. The lowest BCUT2D eigenvalue weighted by Gasteiger charge is -2.14. The molecule has 3 aromatic carbocycles. The third kappa shape index (κ3) is 10.3. The van der Waals surface area contributed by atoms with Crippen LogP contribution in [-0.4, -0.2) is 72.7 Å². The van der Waals surface area contributed by atoms with Crippen LogP contribution in [0.15, 0.2) is 53.6 Å². The second kappa shape index (κ2) is 18.5. The molecule has 2 amide bonds.